The summed E-state index contributed by atoms with van der Waals surface area (Å²) < 4.78 is 5.36. The summed E-state index contributed by atoms with van der Waals surface area (Å²) in [6, 6.07) is 0. The number of ether oxygens (including phenoxy) is 1. The summed E-state index contributed by atoms with van der Waals surface area (Å²) in [4.78, 5) is 11.7. The van der Waals surface area contributed by atoms with E-state index in [0.717, 1.165) is 29.6 Å². The Bertz CT molecular complexity index is 556. The molecule has 4 aliphatic carbocycles. The first-order valence-corrected chi connectivity index (χ1v) is 11.2. The van der Waals surface area contributed by atoms with Crippen LogP contribution in [-0.2, 0) is 9.53 Å². The van der Waals surface area contributed by atoms with Gasteiger partial charge in [-0.2, -0.15) is 0 Å². The molecule has 5 rings (SSSR count). The molecule has 0 radical (unpaired) electrons. The van der Waals surface area contributed by atoms with Crippen LogP contribution in [0.4, 0.5) is 0 Å². The zero-order chi connectivity index (χ0) is 17.2. The van der Waals surface area contributed by atoms with Gasteiger partial charge in [-0.25, -0.2) is 0 Å². The molecule has 0 aromatic heterocycles. The van der Waals surface area contributed by atoms with E-state index in [-0.39, 0.29) is 5.97 Å². The molecule has 140 valence electrons. The van der Waals surface area contributed by atoms with Crippen molar-refractivity contribution in [3.63, 3.8) is 0 Å². The third kappa shape index (κ3) is 2.31. The molecule has 0 N–H and O–H groups in total. The predicted molar refractivity (Wildman–Crippen MR) is 98.9 cm³/mol. The van der Waals surface area contributed by atoms with Crippen LogP contribution in [0, 0.1) is 46.3 Å². The minimum absolute atomic E-state index is 0.0564. The van der Waals surface area contributed by atoms with Crippen molar-refractivity contribution >= 4 is 5.97 Å². The van der Waals surface area contributed by atoms with Gasteiger partial charge in [0.25, 0.3) is 0 Å². The molecule has 25 heavy (non-hydrogen) atoms. The smallest absolute Gasteiger partial charge is 0.306 e. The van der Waals surface area contributed by atoms with Gasteiger partial charge in [-0.05, 0) is 91.8 Å². The Morgan fingerprint density at radius 1 is 0.840 bits per heavy atom. The lowest BCUT2D eigenvalue weighted by atomic mass is 9.44. The Balaban J connectivity index is 1.40. The van der Waals surface area contributed by atoms with Gasteiger partial charge in [-0.3, -0.25) is 4.79 Å². The molecule has 5 fully saturated rings. The standard InChI is InChI=1S/C23H36O2/c1-22-11-4-3-5-16(22)6-7-17-19-9-8-18(15-13-21(24)25-14-15)23(19,2)12-10-20(17)22/h15-20H,3-14H2,1-2H3/t15?,16-,17-,18-,19+,20-,22-,23+/m0/s1. The van der Waals surface area contributed by atoms with Crippen LogP contribution in [0.5, 0.6) is 0 Å². The van der Waals surface area contributed by atoms with Crippen molar-refractivity contribution in [2.24, 2.45) is 46.3 Å². The van der Waals surface area contributed by atoms with Crippen molar-refractivity contribution in [3.05, 3.63) is 0 Å². The second-order valence-electron chi connectivity index (χ2n) is 10.8. The highest BCUT2D eigenvalue weighted by molar-refractivity contribution is 5.71. The van der Waals surface area contributed by atoms with Gasteiger partial charge in [0.2, 0.25) is 0 Å². The van der Waals surface area contributed by atoms with E-state index < -0.39 is 0 Å². The lowest BCUT2D eigenvalue weighted by Gasteiger charge is -2.60. The van der Waals surface area contributed by atoms with Crippen LogP contribution in [0.2, 0.25) is 0 Å². The quantitative estimate of drug-likeness (QED) is 0.579. The summed E-state index contributed by atoms with van der Waals surface area (Å²) in [5.41, 5.74) is 1.13. The minimum Gasteiger partial charge on any atom is -0.465 e. The van der Waals surface area contributed by atoms with E-state index >= 15 is 0 Å². The van der Waals surface area contributed by atoms with Gasteiger partial charge in [0.15, 0.2) is 0 Å². The van der Waals surface area contributed by atoms with E-state index in [1.54, 1.807) is 0 Å². The molecule has 0 amide bonds. The molecule has 1 aliphatic heterocycles. The second-order valence-corrected chi connectivity index (χ2v) is 10.8. The zero-order valence-electron chi connectivity index (χ0n) is 16.3. The maximum atomic E-state index is 11.7. The monoisotopic (exact) mass is 344 g/mol. The molecule has 1 heterocycles. The maximum Gasteiger partial charge on any atom is 0.306 e. The van der Waals surface area contributed by atoms with Crippen LogP contribution < -0.4 is 0 Å². The summed E-state index contributed by atoms with van der Waals surface area (Å²) >= 11 is 0. The first kappa shape index (κ1) is 16.6. The number of rotatable bonds is 1. The molecular formula is C23H36O2. The highest BCUT2D eigenvalue weighted by atomic mass is 16.5. The molecule has 2 nitrogen and oxygen atoms in total. The van der Waals surface area contributed by atoms with Gasteiger partial charge in [0.1, 0.15) is 0 Å². The lowest BCUT2D eigenvalue weighted by Crippen LogP contribution is -2.53. The van der Waals surface area contributed by atoms with E-state index in [2.05, 4.69) is 13.8 Å². The summed E-state index contributed by atoms with van der Waals surface area (Å²) in [6.07, 6.45) is 15.3. The van der Waals surface area contributed by atoms with E-state index in [9.17, 15) is 4.79 Å². The van der Waals surface area contributed by atoms with Crippen molar-refractivity contribution in [1.82, 2.24) is 0 Å². The van der Waals surface area contributed by atoms with Crippen LogP contribution in [-0.4, -0.2) is 12.6 Å². The van der Waals surface area contributed by atoms with Gasteiger partial charge in [-0.15, -0.1) is 0 Å². The van der Waals surface area contributed by atoms with E-state index in [0.29, 0.717) is 29.8 Å². The fraction of sp³-hybridized carbons (Fsp3) is 0.957. The number of esters is 1. The summed E-state index contributed by atoms with van der Waals surface area (Å²) in [5.74, 6) is 5.21. The van der Waals surface area contributed by atoms with Gasteiger partial charge in [-0.1, -0.05) is 26.7 Å². The van der Waals surface area contributed by atoms with Crippen LogP contribution >= 0.6 is 0 Å². The van der Waals surface area contributed by atoms with Crippen molar-refractivity contribution in [3.8, 4) is 0 Å². The molecule has 8 atom stereocenters. The number of carbonyl (C=O) groups excluding carboxylic acids is 1. The Hall–Kier alpha value is -0.530. The van der Waals surface area contributed by atoms with Crippen LogP contribution in [0.15, 0.2) is 0 Å². The third-order valence-electron chi connectivity index (χ3n) is 10.1. The molecule has 0 aromatic carbocycles. The van der Waals surface area contributed by atoms with E-state index in [1.807, 2.05) is 0 Å². The van der Waals surface area contributed by atoms with Gasteiger partial charge in [0, 0.05) is 5.92 Å². The zero-order valence-corrected chi connectivity index (χ0v) is 16.3. The molecule has 5 aliphatic rings. The molecule has 0 aromatic rings. The Morgan fingerprint density at radius 3 is 2.44 bits per heavy atom. The van der Waals surface area contributed by atoms with Crippen molar-refractivity contribution in [2.75, 3.05) is 6.61 Å². The first-order valence-electron chi connectivity index (χ1n) is 11.2. The van der Waals surface area contributed by atoms with Gasteiger partial charge >= 0.3 is 5.97 Å². The molecule has 4 saturated carbocycles. The number of carbonyl (C=O) groups is 1. The van der Waals surface area contributed by atoms with Crippen LogP contribution in [0.3, 0.4) is 0 Å². The number of hydrogen-bond acceptors (Lipinski definition) is 2. The number of fused-ring (bicyclic) bond motifs is 5. The van der Waals surface area contributed by atoms with Gasteiger partial charge in [0.05, 0.1) is 13.0 Å². The van der Waals surface area contributed by atoms with Crippen molar-refractivity contribution in [1.29, 1.82) is 0 Å². The first-order chi connectivity index (χ1) is 12.0. The van der Waals surface area contributed by atoms with Gasteiger partial charge < -0.3 is 4.74 Å². The molecule has 0 bridgehead atoms. The average Bonchev–Trinajstić information content (AvgIpc) is 3.16. The number of hydrogen-bond donors (Lipinski definition) is 0. The van der Waals surface area contributed by atoms with Crippen molar-refractivity contribution < 1.29 is 9.53 Å². The molecule has 1 unspecified atom stereocenters. The maximum absolute atomic E-state index is 11.7. The summed E-state index contributed by atoms with van der Waals surface area (Å²) in [7, 11) is 0. The molecule has 2 heteroatoms. The van der Waals surface area contributed by atoms with Crippen LogP contribution in [0.25, 0.3) is 0 Å². The SMILES string of the molecule is C[C@]12CC[C@H]3[C@@H](CC[C@@H]4CCCC[C@@]43C)[C@H]1CC[C@H]2C1COC(=O)C1. The number of cyclic esters (lactones) is 1. The fourth-order valence-electron chi connectivity index (χ4n) is 8.90. The Labute approximate surface area is 153 Å². The normalized spacial score (nSPS) is 55.2. The molecule has 0 spiro atoms. The predicted octanol–water partition coefficient (Wildman–Crippen LogP) is 5.60. The topological polar surface area (TPSA) is 26.3 Å². The van der Waals surface area contributed by atoms with E-state index in [4.69, 9.17) is 4.74 Å². The molecule has 1 saturated heterocycles. The fourth-order valence-corrected chi connectivity index (χ4v) is 8.90. The van der Waals surface area contributed by atoms with E-state index in [1.165, 1.54) is 64.2 Å². The average molecular weight is 345 g/mol. The molecular weight excluding hydrogens is 308 g/mol. The van der Waals surface area contributed by atoms with Crippen molar-refractivity contribution in [2.45, 2.75) is 84.5 Å². The Morgan fingerprint density at radius 2 is 1.64 bits per heavy atom. The minimum atomic E-state index is 0.0564. The lowest BCUT2D eigenvalue weighted by molar-refractivity contribution is -0.137. The largest absolute Gasteiger partial charge is 0.465 e. The highest BCUT2D eigenvalue weighted by Crippen LogP contribution is 2.68. The van der Waals surface area contributed by atoms with Crippen LogP contribution in [0.1, 0.15) is 84.5 Å². The Kier molecular flexibility index (Phi) is 3.81. The second kappa shape index (κ2) is 5.73. The summed E-state index contributed by atoms with van der Waals surface area (Å²) in [5, 5.41) is 0. The summed E-state index contributed by atoms with van der Waals surface area (Å²) in [6.45, 7) is 5.98. The highest BCUT2D eigenvalue weighted by Gasteiger charge is 2.60. The third-order valence-corrected chi connectivity index (χ3v) is 10.1.